The Morgan fingerprint density at radius 3 is 2.58 bits per heavy atom. The highest BCUT2D eigenvalue weighted by atomic mass is 32.2. The van der Waals surface area contributed by atoms with Crippen LogP contribution in [0.25, 0.3) is 22.3 Å². The summed E-state index contributed by atoms with van der Waals surface area (Å²) in [6.07, 6.45) is 4.08. The number of benzene rings is 3. The van der Waals surface area contributed by atoms with Crippen LogP contribution in [-0.2, 0) is 20.9 Å². The minimum Gasteiger partial charge on any atom is -0.457 e. The molecule has 2 aromatic heterocycles. The van der Waals surface area contributed by atoms with Gasteiger partial charge in [0.15, 0.2) is 5.65 Å². The van der Waals surface area contributed by atoms with Gasteiger partial charge in [-0.3, -0.25) is 24.6 Å². The fraction of sp³-hybridized carbons (Fsp3) is 0.333. The Morgan fingerprint density at radius 1 is 0.925 bits per heavy atom. The summed E-state index contributed by atoms with van der Waals surface area (Å²) in [5.41, 5.74) is 10.4. The second-order valence-corrected chi connectivity index (χ2v) is 14.6. The fourth-order valence-corrected chi connectivity index (χ4v) is 8.33. The van der Waals surface area contributed by atoms with E-state index in [1.807, 2.05) is 77.5 Å². The van der Waals surface area contributed by atoms with Gasteiger partial charge in [-0.15, -0.1) is 11.8 Å². The zero-order valence-electron chi connectivity index (χ0n) is 29.1. The maximum atomic E-state index is 13.2. The molecule has 3 amide bonds. The number of anilines is 1. The molecule has 2 atom stereocenters. The van der Waals surface area contributed by atoms with Crippen LogP contribution in [0.4, 0.5) is 5.82 Å². The second-order valence-electron chi connectivity index (χ2n) is 13.4. The molecule has 3 N–H and O–H groups in total. The molecule has 2 fully saturated rings. The molecule has 0 spiro atoms. The van der Waals surface area contributed by atoms with E-state index in [0.29, 0.717) is 37.6 Å². The van der Waals surface area contributed by atoms with Gasteiger partial charge in [-0.05, 0) is 79.9 Å². The number of nitrogens with one attached hydrogen (secondary N) is 1. The van der Waals surface area contributed by atoms with Crippen LogP contribution in [0.5, 0.6) is 11.5 Å². The summed E-state index contributed by atoms with van der Waals surface area (Å²) < 4.78 is 14.1. The minimum absolute atomic E-state index is 0.119. The van der Waals surface area contributed by atoms with Crippen molar-refractivity contribution in [3.05, 3.63) is 90.3 Å². The summed E-state index contributed by atoms with van der Waals surface area (Å²) in [6, 6.07) is 22.7. The van der Waals surface area contributed by atoms with Crippen LogP contribution < -0.4 is 15.8 Å². The largest absolute Gasteiger partial charge is 0.457 e. The molecule has 14 heteroatoms. The van der Waals surface area contributed by atoms with Crippen LogP contribution in [-0.4, -0.2) is 91.9 Å². The van der Waals surface area contributed by atoms with E-state index in [-0.39, 0.29) is 24.3 Å². The van der Waals surface area contributed by atoms with Crippen molar-refractivity contribution < 1.29 is 23.9 Å². The predicted octanol–water partition coefficient (Wildman–Crippen LogP) is 5.07. The lowest BCUT2D eigenvalue weighted by atomic mass is 10.0. The van der Waals surface area contributed by atoms with Crippen LogP contribution in [0.15, 0.2) is 84.0 Å². The number of thioether (sulfide) groups is 1. The van der Waals surface area contributed by atoms with Gasteiger partial charge < -0.3 is 20.1 Å². The maximum Gasteiger partial charge on any atom is 0.255 e. The van der Waals surface area contributed by atoms with Crippen molar-refractivity contribution in [3.8, 4) is 22.8 Å². The first-order valence-corrected chi connectivity index (χ1v) is 18.9. The average molecular weight is 733 g/mol. The van der Waals surface area contributed by atoms with Crippen molar-refractivity contribution in [2.24, 2.45) is 0 Å². The number of hydrogen-bond acceptors (Lipinski definition) is 11. The molecule has 5 aromatic rings. The van der Waals surface area contributed by atoms with Crippen molar-refractivity contribution in [1.29, 1.82) is 0 Å². The van der Waals surface area contributed by atoms with Crippen molar-refractivity contribution in [2.45, 2.75) is 49.2 Å². The third-order valence-corrected chi connectivity index (χ3v) is 11.1. The van der Waals surface area contributed by atoms with Crippen LogP contribution in [0.3, 0.4) is 0 Å². The summed E-state index contributed by atoms with van der Waals surface area (Å²) >= 11 is 1.65. The highest BCUT2D eigenvalue weighted by molar-refractivity contribution is 7.99. The lowest BCUT2D eigenvalue weighted by molar-refractivity contribution is -0.136. The number of carbonyl (C=O) groups excluding carboxylic acids is 3. The molecule has 1 unspecified atom stereocenters. The van der Waals surface area contributed by atoms with Gasteiger partial charge in [0.05, 0.1) is 24.6 Å². The predicted molar refractivity (Wildman–Crippen MR) is 200 cm³/mol. The monoisotopic (exact) mass is 732 g/mol. The Morgan fingerprint density at radius 2 is 1.75 bits per heavy atom. The van der Waals surface area contributed by atoms with Gasteiger partial charge in [0.1, 0.15) is 35.4 Å². The van der Waals surface area contributed by atoms with Gasteiger partial charge >= 0.3 is 0 Å². The third-order valence-electron chi connectivity index (χ3n) is 10.0. The molecule has 0 aliphatic carbocycles. The van der Waals surface area contributed by atoms with Gasteiger partial charge in [0.25, 0.3) is 5.91 Å². The van der Waals surface area contributed by atoms with Crippen molar-refractivity contribution in [2.75, 3.05) is 44.3 Å². The molecule has 0 bridgehead atoms. The lowest BCUT2D eigenvalue weighted by Crippen LogP contribution is -2.52. The molecule has 3 aromatic carbocycles. The zero-order valence-corrected chi connectivity index (χ0v) is 30.0. The van der Waals surface area contributed by atoms with E-state index >= 15 is 0 Å². The zero-order chi connectivity index (χ0) is 36.3. The summed E-state index contributed by atoms with van der Waals surface area (Å²) in [7, 11) is 0. The lowest BCUT2D eigenvalue weighted by Gasteiger charge is -2.32. The minimum atomic E-state index is -0.623. The SMILES string of the molecule is Nc1ncnc2c1c(-c1ccc(Oc3ccccc3)cc1)nn2[C@@H]1CCCN(CCOCCSc2cccc3c2CN(C2CCC(=O)NC2=O)C3=O)C1. The van der Waals surface area contributed by atoms with E-state index in [1.54, 1.807) is 16.7 Å². The molecule has 5 heterocycles. The number of carbonyl (C=O) groups is 3. The molecule has 53 heavy (non-hydrogen) atoms. The van der Waals surface area contributed by atoms with E-state index in [0.717, 1.165) is 82.5 Å². The topological polar surface area (TPSA) is 158 Å². The van der Waals surface area contributed by atoms with Crippen LogP contribution in [0, 0.1) is 0 Å². The number of nitrogens with two attached hydrogens (primary N) is 1. The smallest absolute Gasteiger partial charge is 0.255 e. The first kappa shape index (κ1) is 34.8. The molecular weight excluding hydrogens is 693 g/mol. The molecule has 2 saturated heterocycles. The van der Waals surface area contributed by atoms with Crippen molar-refractivity contribution >= 4 is 46.3 Å². The maximum absolute atomic E-state index is 13.2. The molecule has 0 radical (unpaired) electrons. The number of hydrogen-bond donors (Lipinski definition) is 2. The Labute approximate surface area is 310 Å². The van der Waals surface area contributed by atoms with Crippen LogP contribution >= 0.6 is 11.8 Å². The number of nitrogen functional groups attached to an aromatic ring is 1. The highest BCUT2D eigenvalue weighted by Crippen LogP contribution is 2.36. The number of aromatic nitrogens is 4. The summed E-state index contributed by atoms with van der Waals surface area (Å²) in [4.78, 5) is 51.2. The number of amides is 3. The van der Waals surface area contributed by atoms with Crippen molar-refractivity contribution in [3.63, 3.8) is 0 Å². The van der Waals surface area contributed by atoms with Gasteiger partial charge in [-0.2, -0.15) is 5.10 Å². The van der Waals surface area contributed by atoms with Gasteiger partial charge in [0, 0.05) is 47.8 Å². The Kier molecular flexibility index (Phi) is 10.1. The summed E-state index contributed by atoms with van der Waals surface area (Å²) in [5, 5.41) is 8.20. The van der Waals surface area contributed by atoms with E-state index in [9.17, 15) is 14.4 Å². The average Bonchev–Trinajstić information content (AvgIpc) is 3.73. The Hall–Kier alpha value is -5.31. The highest BCUT2D eigenvalue weighted by Gasteiger charge is 2.39. The molecule has 272 valence electrons. The Balaban J connectivity index is 0.853. The number of para-hydroxylation sites is 1. The van der Waals surface area contributed by atoms with Gasteiger partial charge in [0.2, 0.25) is 11.8 Å². The fourth-order valence-electron chi connectivity index (χ4n) is 7.39. The number of rotatable bonds is 12. The first-order valence-electron chi connectivity index (χ1n) is 17.9. The number of likely N-dealkylation sites (tertiary alicyclic amines) is 1. The second kappa shape index (κ2) is 15.3. The van der Waals surface area contributed by atoms with E-state index in [1.165, 1.54) is 6.33 Å². The summed E-state index contributed by atoms with van der Waals surface area (Å²) in [6.45, 7) is 4.12. The van der Waals surface area contributed by atoms with Crippen LogP contribution in [0.2, 0.25) is 0 Å². The molecule has 3 aliphatic rings. The molecule has 3 aliphatic heterocycles. The van der Waals surface area contributed by atoms with E-state index < -0.39 is 11.9 Å². The first-order chi connectivity index (χ1) is 25.9. The molecule has 8 rings (SSSR count). The number of nitrogens with zero attached hydrogens (tertiary/aromatic N) is 6. The third kappa shape index (κ3) is 7.34. The van der Waals surface area contributed by atoms with Gasteiger partial charge in [-0.1, -0.05) is 24.3 Å². The summed E-state index contributed by atoms with van der Waals surface area (Å²) in [5.74, 6) is 1.78. The van der Waals surface area contributed by atoms with Crippen molar-refractivity contribution in [1.82, 2.24) is 34.9 Å². The number of fused-ring (bicyclic) bond motifs is 2. The van der Waals surface area contributed by atoms with E-state index in [2.05, 4.69) is 20.2 Å². The Bertz CT molecular complexity index is 2140. The number of piperidine rings is 2. The van der Waals surface area contributed by atoms with Crippen LogP contribution in [0.1, 0.15) is 47.6 Å². The van der Waals surface area contributed by atoms with Gasteiger partial charge in [-0.25, -0.2) is 14.6 Å². The number of ether oxygens (including phenoxy) is 2. The molecule has 0 saturated carbocycles. The normalized spacial score (nSPS) is 19.1. The van der Waals surface area contributed by atoms with E-state index in [4.69, 9.17) is 20.3 Å². The molecular formula is C39H40N8O5S. The standard InChI is InChI=1S/C39H40N8O5S/c40-36-34-35(25-11-13-28(14-12-25)52-27-7-2-1-3-8-27)44-47(37(34)42-24-41-36)26-6-5-17-45(22-26)18-19-51-20-21-53-32-10-4-9-29-30(32)23-46(39(29)50)31-15-16-33(48)43-38(31)49/h1-4,7-14,24,26,31H,5-6,15-23H2,(H2,40,41,42)(H,43,48,49)/t26-,31?/m1/s1. The molecule has 13 nitrogen and oxygen atoms in total. The number of imide groups is 1. The quantitative estimate of drug-likeness (QED) is 0.100.